The molecule has 1 saturated heterocycles. The summed E-state index contributed by atoms with van der Waals surface area (Å²) in [5.74, 6) is -0.0546. The van der Waals surface area contributed by atoms with Crippen LogP contribution >= 0.6 is 0 Å². The molecular weight excluding hydrogens is 350 g/mol. The second-order valence-corrected chi connectivity index (χ2v) is 6.95. The smallest absolute Gasteiger partial charge is 0.333 e. The molecule has 1 aliphatic heterocycles. The maximum atomic E-state index is 13.1. The molecule has 0 radical (unpaired) electrons. The van der Waals surface area contributed by atoms with Crippen molar-refractivity contribution in [1.29, 1.82) is 0 Å². The Kier molecular flexibility index (Phi) is 5.89. The molecule has 27 heavy (non-hydrogen) atoms. The summed E-state index contributed by atoms with van der Waals surface area (Å²) in [6.45, 7) is 4.68. The average Bonchev–Trinajstić information content (AvgIpc) is 2.96. The zero-order valence-corrected chi connectivity index (χ0v) is 16.0. The van der Waals surface area contributed by atoms with Crippen LogP contribution in [-0.2, 0) is 17.6 Å². The molecule has 1 amide bonds. The van der Waals surface area contributed by atoms with Gasteiger partial charge < -0.3 is 10.2 Å². The maximum absolute atomic E-state index is 13.1. The van der Waals surface area contributed by atoms with E-state index in [2.05, 4.69) is 41.6 Å². The normalized spacial score (nSPS) is 17.6. The first-order valence-corrected chi connectivity index (χ1v) is 9.34. The molecule has 1 fully saturated rings. The lowest BCUT2D eigenvalue weighted by Crippen LogP contribution is -2.49. The molecule has 1 unspecified atom stereocenters. The third kappa shape index (κ3) is 4.03. The van der Waals surface area contributed by atoms with E-state index in [-0.39, 0.29) is 18.4 Å². The van der Waals surface area contributed by atoms with E-state index in [1.165, 1.54) is 5.56 Å². The average molecular weight is 376 g/mol. The van der Waals surface area contributed by atoms with Gasteiger partial charge in [-0.2, -0.15) is 13.9 Å². The summed E-state index contributed by atoms with van der Waals surface area (Å²) in [5, 5.41) is 7.23. The highest BCUT2D eigenvalue weighted by atomic mass is 19.3. The van der Waals surface area contributed by atoms with Crippen molar-refractivity contribution in [2.24, 2.45) is 0 Å². The Morgan fingerprint density at radius 1 is 1.30 bits per heavy atom. The van der Waals surface area contributed by atoms with Crippen LogP contribution in [0.1, 0.15) is 47.6 Å². The van der Waals surface area contributed by atoms with Crippen molar-refractivity contribution < 1.29 is 13.6 Å². The number of halogens is 2. The van der Waals surface area contributed by atoms with E-state index in [1.807, 2.05) is 4.90 Å². The lowest BCUT2D eigenvalue weighted by Gasteiger charge is -2.37. The van der Waals surface area contributed by atoms with Crippen molar-refractivity contribution in [3.05, 3.63) is 52.3 Å². The molecule has 1 aromatic heterocycles. The Hall–Kier alpha value is -2.28. The van der Waals surface area contributed by atoms with Gasteiger partial charge in [0.1, 0.15) is 0 Å². The molecule has 146 valence electrons. The number of alkyl halides is 2. The van der Waals surface area contributed by atoms with E-state index in [9.17, 15) is 13.6 Å². The van der Waals surface area contributed by atoms with Gasteiger partial charge in [0.25, 0.3) is 0 Å². The minimum absolute atomic E-state index is 0.0529. The molecule has 3 rings (SSSR count). The molecule has 0 spiro atoms. The van der Waals surface area contributed by atoms with Crippen molar-refractivity contribution in [2.45, 2.75) is 46.2 Å². The number of benzene rings is 1. The fourth-order valence-electron chi connectivity index (χ4n) is 3.67. The largest absolute Gasteiger partial charge is 0.333 e. The first-order valence-electron chi connectivity index (χ1n) is 9.34. The Morgan fingerprint density at radius 3 is 2.59 bits per heavy atom. The fraction of sp³-hybridized carbons (Fsp3) is 0.500. The lowest BCUT2D eigenvalue weighted by molar-refractivity contribution is -0.133. The number of rotatable bonds is 5. The van der Waals surface area contributed by atoms with Crippen LogP contribution in [0, 0.1) is 13.8 Å². The van der Waals surface area contributed by atoms with E-state index in [0.717, 1.165) is 18.5 Å². The van der Waals surface area contributed by atoms with Crippen molar-refractivity contribution >= 4 is 5.91 Å². The minimum Gasteiger partial charge on any atom is -0.333 e. The third-order valence-electron chi connectivity index (χ3n) is 5.32. The first-order chi connectivity index (χ1) is 12.9. The first kappa shape index (κ1) is 19.5. The topological polar surface area (TPSA) is 50.2 Å². The van der Waals surface area contributed by atoms with Gasteiger partial charge in [0.15, 0.2) is 0 Å². The molecule has 2 aromatic rings. The zero-order chi connectivity index (χ0) is 19.6. The summed E-state index contributed by atoms with van der Waals surface area (Å²) in [4.78, 5) is 14.9. The van der Waals surface area contributed by atoms with Crippen molar-refractivity contribution in [2.75, 3.05) is 19.6 Å². The maximum Gasteiger partial charge on any atom is 0.333 e. The van der Waals surface area contributed by atoms with Crippen molar-refractivity contribution in [3.63, 3.8) is 0 Å². The third-order valence-corrected chi connectivity index (χ3v) is 5.32. The predicted octanol–water partition coefficient (Wildman–Crippen LogP) is 3.17. The molecule has 1 aromatic carbocycles. The van der Waals surface area contributed by atoms with Gasteiger partial charge in [-0.1, -0.05) is 31.2 Å². The Morgan fingerprint density at radius 2 is 2.00 bits per heavy atom. The van der Waals surface area contributed by atoms with Gasteiger partial charge in [0.05, 0.1) is 18.2 Å². The van der Waals surface area contributed by atoms with Crippen LogP contribution in [0.2, 0.25) is 0 Å². The van der Waals surface area contributed by atoms with Gasteiger partial charge in [-0.05, 0) is 31.4 Å². The molecule has 0 bridgehead atoms. The molecule has 2 heterocycles. The van der Waals surface area contributed by atoms with Crippen LogP contribution in [0.3, 0.4) is 0 Å². The number of piperazine rings is 1. The van der Waals surface area contributed by atoms with Crippen LogP contribution < -0.4 is 5.32 Å². The number of nitrogens with zero attached hydrogens (tertiary/aromatic N) is 3. The molecule has 0 aliphatic carbocycles. The number of carbonyl (C=O) groups excluding carboxylic acids is 1. The highest BCUT2D eigenvalue weighted by Gasteiger charge is 2.29. The summed E-state index contributed by atoms with van der Waals surface area (Å²) < 4.78 is 26.8. The van der Waals surface area contributed by atoms with Crippen LogP contribution in [0.5, 0.6) is 0 Å². The number of hydrogen-bond donors (Lipinski definition) is 1. The van der Waals surface area contributed by atoms with Gasteiger partial charge in [0, 0.05) is 30.9 Å². The highest BCUT2D eigenvalue weighted by molar-refractivity contribution is 5.80. The van der Waals surface area contributed by atoms with Gasteiger partial charge >= 0.3 is 6.55 Å². The SMILES string of the molecule is CCc1ccc(C2CNCCN2C(=O)Cc2c(C)nn(C(F)F)c2C)cc1. The van der Waals surface area contributed by atoms with Crippen molar-refractivity contribution in [1.82, 2.24) is 20.0 Å². The zero-order valence-electron chi connectivity index (χ0n) is 16.0. The van der Waals surface area contributed by atoms with Gasteiger partial charge in [0.2, 0.25) is 5.91 Å². The fourth-order valence-corrected chi connectivity index (χ4v) is 3.67. The van der Waals surface area contributed by atoms with E-state index >= 15 is 0 Å². The number of aryl methyl sites for hydroxylation is 2. The minimum atomic E-state index is -2.70. The molecule has 5 nitrogen and oxygen atoms in total. The number of aromatic nitrogens is 2. The summed E-state index contributed by atoms with van der Waals surface area (Å²) in [6, 6.07) is 8.27. The number of carbonyl (C=O) groups is 1. The predicted molar refractivity (Wildman–Crippen MR) is 99.8 cm³/mol. The van der Waals surface area contributed by atoms with E-state index in [4.69, 9.17) is 0 Å². The van der Waals surface area contributed by atoms with E-state index < -0.39 is 6.55 Å². The quantitative estimate of drug-likeness (QED) is 0.872. The molecule has 1 aliphatic rings. The summed E-state index contributed by atoms with van der Waals surface area (Å²) >= 11 is 0. The molecule has 1 N–H and O–H groups in total. The summed E-state index contributed by atoms with van der Waals surface area (Å²) in [6.07, 6.45) is 1.06. The second-order valence-electron chi connectivity index (χ2n) is 6.95. The standard InChI is InChI=1S/C20H26F2N4O/c1-4-15-5-7-16(8-6-15)18-12-23-9-10-25(18)19(27)11-17-13(2)24-26(14(17)3)20(21)22/h5-8,18,20,23H,4,9-12H2,1-3H3. The number of amides is 1. The number of hydrogen-bond acceptors (Lipinski definition) is 3. The van der Waals surface area contributed by atoms with Gasteiger partial charge in [-0.25, -0.2) is 4.68 Å². The van der Waals surface area contributed by atoms with Crippen LogP contribution in [0.25, 0.3) is 0 Å². The second kappa shape index (κ2) is 8.17. The summed E-state index contributed by atoms with van der Waals surface area (Å²) in [5.41, 5.74) is 3.78. The van der Waals surface area contributed by atoms with Crippen LogP contribution in [0.15, 0.2) is 24.3 Å². The van der Waals surface area contributed by atoms with Crippen LogP contribution in [0.4, 0.5) is 8.78 Å². The molecule has 7 heteroatoms. The molecular formula is C20H26F2N4O. The Balaban J connectivity index is 1.81. The van der Waals surface area contributed by atoms with Crippen molar-refractivity contribution in [3.8, 4) is 0 Å². The Bertz CT molecular complexity index is 801. The monoisotopic (exact) mass is 376 g/mol. The van der Waals surface area contributed by atoms with Crippen LogP contribution in [-0.4, -0.2) is 40.2 Å². The summed E-state index contributed by atoms with van der Waals surface area (Å²) in [7, 11) is 0. The number of nitrogens with one attached hydrogen (secondary N) is 1. The van der Waals surface area contributed by atoms with E-state index in [1.54, 1.807) is 13.8 Å². The molecule has 0 saturated carbocycles. The molecule has 1 atom stereocenters. The van der Waals surface area contributed by atoms with Gasteiger partial charge in [-0.15, -0.1) is 0 Å². The lowest BCUT2D eigenvalue weighted by atomic mass is 9.99. The van der Waals surface area contributed by atoms with Gasteiger partial charge in [-0.3, -0.25) is 4.79 Å². The Labute approximate surface area is 158 Å². The highest BCUT2D eigenvalue weighted by Crippen LogP contribution is 2.26. The van der Waals surface area contributed by atoms with E-state index in [0.29, 0.717) is 34.7 Å².